The zero-order chi connectivity index (χ0) is 16.9. The Morgan fingerprint density at radius 2 is 2.08 bits per heavy atom. The number of piperidine rings is 1. The third-order valence-electron chi connectivity index (χ3n) is 4.47. The van der Waals surface area contributed by atoms with Gasteiger partial charge < -0.3 is 4.90 Å². The van der Waals surface area contributed by atoms with Crippen molar-refractivity contribution in [3.8, 4) is 6.07 Å². The summed E-state index contributed by atoms with van der Waals surface area (Å²) >= 11 is 5.92. The first kappa shape index (κ1) is 16.5. The van der Waals surface area contributed by atoms with Gasteiger partial charge in [-0.25, -0.2) is 4.98 Å². The van der Waals surface area contributed by atoms with Crippen molar-refractivity contribution in [2.45, 2.75) is 31.2 Å². The molecular weight excluding hydrogens is 322 g/mol. The normalized spacial score (nSPS) is 18.7. The molecule has 0 N–H and O–H groups in total. The highest BCUT2D eigenvalue weighted by atomic mass is 35.5. The van der Waals surface area contributed by atoms with E-state index in [1.165, 1.54) is 6.20 Å². The van der Waals surface area contributed by atoms with Crippen LogP contribution in [-0.2, 0) is 0 Å². The molecule has 1 aromatic carbocycles. The summed E-state index contributed by atoms with van der Waals surface area (Å²) in [4.78, 5) is 18.7. The molecule has 1 fully saturated rings. The SMILES string of the molecule is N#C[C@H](c1ccccc1)[C@@H]1CCCCN1C(=O)c1ccnc(Cl)c1. The van der Waals surface area contributed by atoms with E-state index in [0.29, 0.717) is 17.3 Å². The largest absolute Gasteiger partial charge is 0.334 e. The Labute approximate surface area is 146 Å². The number of hydrogen-bond acceptors (Lipinski definition) is 3. The summed E-state index contributed by atoms with van der Waals surface area (Å²) < 4.78 is 0. The van der Waals surface area contributed by atoms with Crippen molar-refractivity contribution in [1.82, 2.24) is 9.88 Å². The number of aromatic nitrogens is 1. The minimum atomic E-state index is -0.326. The van der Waals surface area contributed by atoms with Crippen LogP contribution in [0.2, 0.25) is 5.15 Å². The van der Waals surface area contributed by atoms with E-state index in [-0.39, 0.29) is 17.9 Å². The van der Waals surface area contributed by atoms with Crippen molar-refractivity contribution in [1.29, 1.82) is 5.26 Å². The molecule has 5 heteroatoms. The Kier molecular flexibility index (Phi) is 5.12. The fourth-order valence-corrected chi connectivity index (χ4v) is 3.47. The lowest BCUT2D eigenvalue weighted by Gasteiger charge is -2.38. The van der Waals surface area contributed by atoms with Gasteiger partial charge in [-0.1, -0.05) is 41.9 Å². The van der Waals surface area contributed by atoms with E-state index in [4.69, 9.17) is 11.6 Å². The van der Waals surface area contributed by atoms with E-state index in [0.717, 1.165) is 24.8 Å². The van der Waals surface area contributed by atoms with Gasteiger partial charge in [-0.2, -0.15) is 5.26 Å². The van der Waals surface area contributed by atoms with E-state index in [9.17, 15) is 10.1 Å². The number of halogens is 1. The summed E-state index contributed by atoms with van der Waals surface area (Å²) in [5, 5.41) is 10.0. The van der Waals surface area contributed by atoms with Crippen LogP contribution in [0.3, 0.4) is 0 Å². The summed E-state index contributed by atoms with van der Waals surface area (Å²) in [5.74, 6) is -0.409. The maximum Gasteiger partial charge on any atom is 0.254 e. The molecule has 2 heterocycles. The van der Waals surface area contributed by atoms with Crippen LogP contribution in [0, 0.1) is 11.3 Å². The van der Waals surface area contributed by atoms with Crippen molar-refractivity contribution in [3.63, 3.8) is 0 Å². The second kappa shape index (κ2) is 7.46. The predicted octanol–water partition coefficient (Wildman–Crippen LogP) is 4.04. The van der Waals surface area contributed by atoms with Gasteiger partial charge in [-0.05, 0) is 37.0 Å². The molecule has 24 heavy (non-hydrogen) atoms. The van der Waals surface area contributed by atoms with Crippen molar-refractivity contribution in [3.05, 3.63) is 64.9 Å². The first-order valence-corrected chi connectivity index (χ1v) is 8.45. The molecule has 0 saturated carbocycles. The van der Waals surface area contributed by atoms with E-state index in [1.807, 2.05) is 35.2 Å². The first-order chi connectivity index (χ1) is 11.7. The number of hydrogen-bond donors (Lipinski definition) is 0. The molecule has 0 spiro atoms. The Hall–Kier alpha value is -2.38. The summed E-state index contributed by atoms with van der Waals surface area (Å²) in [5.41, 5.74) is 1.48. The number of amides is 1. The minimum absolute atomic E-state index is 0.0832. The number of likely N-dealkylation sites (tertiary alicyclic amines) is 1. The molecule has 1 saturated heterocycles. The summed E-state index contributed by atoms with van der Waals surface area (Å²) in [6, 6.07) is 15.2. The first-order valence-electron chi connectivity index (χ1n) is 8.08. The average Bonchev–Trinajstić information content (AvgIpc) is 2.63. The van der Waals surface area contributed by atoms with E-state index in [2.05, 4.69) is 11.1 Å². The van der Waals surface area contributed by atoms with Crippen LogP contribution in [-0.4, -0.2) is 28.4 Å². The standard InChI is InChI=1S/C19H18ClN3O/c20-18-12-15(9-10-22-18)19(24)23-11-5-4-8-17(23)16(13-21)14-6-2-1-3-7-14/h1-3,6-7,9-10,12,16-17H,4-5,8,11H2/t16-,17+/m1/s1. The van der Waals surface area contributed by atoms with Crippen LogP contribution in [0.25, 0.3) is 0 Å². The van der Waals surface area contributed by atoms with Gasteiger partial charge in [0.1, 0.15) is 5.15 Å². The summed E-state index contributed by atoms with van der Waals surface area (Å²) in [6.45, 7) is 0.661. The number of rotatable bonds is 3. The number of pyridine rings is 1. The topological polar surface area (TPSA) is 57.0 Å². The fourth-order valence-electron chi connectivity index (χ4n) is 3.30. The van der Waals surface area contributed by atoms with Gasteiger partial charge in [0.15, 0.2) is 0 Å². The Morgan fingerprint density at radius 1 is 1.29 bits per heavy atom. The van der Waals surface area contributed by atoms with Crippen molar-refractivity contribution < 1.29 is 4.79 Å². The van der Waals surface area contributed by atoms with Crippen molar-refractivity contribution >= 4 is 17.5 Å². The molecular formula is C19H18ClN3O. The Bertz CT molecular complexity index is 757. The highest BCUT2D eigenvalue weighted by molar-refractivity contribution is 6.29. The maximum atomic E-state index is 12.9. The van der Waals surface area contributed by atoms with Gasteiger partial charge in [0.25, 0.3) is 5.91 Å². The van der Waals surface area contributed by atoms with Gasteiger partial charge in [-0.15, -0.1) is 0 Å². The van der Waals surface area contributed by atoms with Crippen LogP contribution in [0.15, 0.2) is 48.7 Å². The van der Waals surface area contributed by atoms with Gasteiger partial charge >= 0.3 is 0 Å². The van der Waals surface area contributed by atoms with Gasteiger partial charge in [0, 0.05) is 18.3 Å². The predicted molar refractivity (Wildman–Crippen MR) is 92.7 cm³/mol. The van der Waals surface area contributed by atoms with Crippen LogP contribution in [0.5, 0.6) is 0 Å². The van der Waals surface area contributed by atoms with Crippen LogP contribution in [0.4, 0.5) is 0 Å². The monoisotopic (exact) mass is 339 g/mol. The summed E-state index contributed by atoms with van der Waals surface area (Å²) in [7, 11) is 0. The van der Waals surface area contributed by atoms with Crippen molar-refractivity contribution in [2.24, 2.45) is 0 Å². The second-order valence-electron chi connectivity index (χ2n) is 5.95. The van der Waals surface area contributed by atoms with Crippen LogP contribution >= 0.6 is 11.6 Å². The molecule has 0 bridgehead atoms. The number of carbonyl (C=O) groups is 1. The molecule has 1 aliphatic heterocycles. The number of nitrogens with zero attached hydrogens (tertiary/aromatic N) is 3. The summed E-state index contributed by atoms with van der Waals surface area (Å²) in [6.07, 6.45) is 4.34. The Morgan fingerprint density at radius 3 is 2.79 bits per heavy atom. The van der Waals surface area contributed by atoms with E-state index in [1.54, 1.807) is 12.1 Å². The molecule has 2 aromatic rings. The fraction of sp³-hybridized carbons (Fsp3) is 0.316. The molecule has 4 nitrogen and oxygen atoms in total. The number of nitriles is 1. The zero-order valence-electron chi connectivity index (χ0n) is 13.2. The van der Waals surface area contributed by atoms with Gasteiger partial charge in [-0.3, -0.25) is 4.79 Å². The highest BCUT2D eigenvalue weighted by Gasteiger charge is 2.34. The molecule has 2 atom stereocenters. The molecule has 3 rings (SSSR count). The molecule has 0 unspecified atom stereocenters. The second-order valence-corrected chi connectivity index (χ2v) is 6.33. The lowest BCUT2D eigenvalue weighted by Crippen LogP contribution is -2.46. The third kappa shape index (κ3) is 3.42. The quantitative estimate of drug-likeness (QED) is 0.793. The highest BCUT2D eigenvalue weighted by Crippen LogP contribution is 2.31. The lowest BCUT2D eigenvalue weighted by molar-refractivity contribution is 0.0596. The van der Waals surface area contributed by atoms with Crippen LogP contribution in [0.1, 0.15) is 41.1 Å². The number of benzene rings is 1. The molecule has 1 aromatic heterocycles. The number of carbonyl (C=O) groups excluding carboxylic acids is 1. The van der Waals surface area contributed by atoms with Gasteiger partial charge in [0.05, 0.1) is 18.0 Å². The molecule has 0 aliphatic carbocycles. The smallest absolute Gasteiger partial charge is 0.254 e. The lowest BCUT2D eigenvalue weighted by atomic mass is 9.86. The maximum absolute atomic E-state index is 12.9. The third-order valence-corrected chi connectivity index (χ3v) is 4.67. The molecule has 122 valence electrons. The molecule has 1 aliphatic rings. The van der Waals surface area contributed by atoms with E-state index < -0.39 is 0 Å². The van der Waals surface area contributed by atoms with Gasteiger partial charge in [0.2, 0.25) is 0 Å². The average molecular weight is 340 g/mol. The van der Waals surface area contributed by atoms with Crippen molar-refractivity contribution in [2.75, 3.05) is 6.54 Å². The molecule has 1 amide bonds. The van der Waals surface area contributed by atoms with Crippen LogP contribution < -0.4 is 0 Å². The Balaban J connectivity index is 1.91. The zero-order valence-corrected chi connectivity index (χ0v) is 14.0. The minimum Gasteiger partial charge on any atom is -0.334 e. The van der Waals surface area contributed by atoms with E-state index >= 15 is 0 Å². The molecule has 0 radical (unpaired) electrons.